The van der Waals surface area contributed by atoms with Crippen LogP contribution in [0.15, 0.2) is 52.9 Å². The molecule has 0 fully saturated rings. The van der Waals surface area contributed by atoms with Crippen molar-refractivity contribution >= 4 is 27.3 Å². The molecular weight excluding hydrogens is 418 g/mol. The van der Waals surface area contributed by atoms with Crippen molar-refractivity contribution in [2.75, 3.05) is 12.9 Å². The maximum Gasteiger partial charge on any atom is 0.251 e. The second-order valence-electron chi connectivity index (χ2n) is 6.43. The summed E-state index contributed by atoms with van der Waals surface area (Å²) in [7, 11) is -3.13. The minimum atomic E-state index is -3.13. The third-order valence-electron chi connectivity index (χ3n) is 3.96. The van der Waals surface area contributed by atoms with Gasteiger partial charge in [-0.25, -0.2) is 8.42 Å². The van der Waals surface area contributed by atoms with Crippen molar-refractivity contribution in [3.05, 3.63) is 70.6 Å². The minimum Gasteiger partial charge on any atom is -0.418 e. The molecule has 0 radical (unpaired) electrons. The van der Waals surface area contributed by atoms with Gasteiger partial charge in [-0.3, -0.25) is 4.79 Å². The highest BCUT2D eigenvalue weighted by Crippen LogP contribution is 2.22. The van der Waals surface area contributed by atoms with Crippen molar-refractivity contribution in [2.45, 2.75) is 11.8 Å². The molecule has 0 bridgehead atoms. The SMILES string of the molecule is CS(=O)(=O)Cc1ccc(-c2nnc([C@@H](CO)NC(=O)c3ccc(Cl)cc3)o2)cc1. The fourth-order valence-electron chi connectivity index (χ4n) is 2.57. The van der Waals surface area contributed by atoms with Crippen LogP contribution in [0, 0.1) is 0 Å². The van der Waals surface area contributed by atoms with Gasteiger partial charge in [0.05, 0.1) is 12.4 Å². The molecule has 0 aliphatic carbocycles. The highest BCUT2D eigenvalue weighted by molar-refractivity contribution is 7.89. The maximum absolute atomic E-state index is 12.3. The number of aliphatic hydroxyl groups excluding tert-OH is 1. The molecule has 0 spiro atoms. The van der Waals surface area contributed by atoms with Gasteiger partial charge in [-0.2, -0.15) is 0 Å². The largest absolute Gasteiger partial charge is 0.418 e. The Morgan fingerprint density at radius 1 is 1.14 bits per heavy atom. The first-order chi connectivity index (χ1) is 13.7. The molecule has 0 aliphatic rings. The topological polar surface area (TPSA) is 122 Å². The molecule has 0 unspecified atom stereocenters. The molecule has 152 valence electrons. The Balaban J connectivity index is 1.73. The summed E-state index contributed by atoms with van der Waals surface area (Å²) in [5.74, 6) is -0.258. The zero-order chi connectivity index (χ0) is 21.0. The van der Waals surface area contributed by atoms with E-state index in [2.05, 4.69) is 15.5 Å². The van der Waals surface area contributed by atoms with E-state index >= 15 is 0 Å². The number of benzene rings is 2. The molecule has 10 heteroatoms. The maximum atomic E-state index is 12.3. The fourth-order valence-corrected chi connectivity index (χ4v) is 3.49. The van der Waals surface area contributed by atoms with Gasteiger partial charge in [0.15, 0.2) is 9.84 Å². The number of aliphatic hydroxyl groups is 1. The Bertz CT molecular complexity index is 1100. The standard InChI is InChI=1S/C19H18ClN3O5S/c1-29(26,27)11-12-2-4-14(5-3-12)18-22-23-19(28-18)16(10-24)21-17(25)13-6-8-15(20)9-7-13/h2-9,16,24H,10-11H2,1H3,(H,21,25)/t16-/m1/s1. The summed E-state index contributed by atoms with van der Waals surface area (Å²) in [6.45, 7) is -0.436. The van der Waals surface area contributed by atoms with Gasteiger partial charge in [-0.05, 0) is 42.0 Å². The minimum absolute atomic E-state index is 0.0463. The molecule has 0 saturated carbocycles. The second kappa shape index (κ2) is 8.73. The molecule has 1 atom stereocenters. The summed E-state index contributed by atoms with van der Waals surface area (Å²) in [6.07, 6.45) is 1.17. The number of amides is 1. The van der Waals surface area contributed by atoms with E-state index < -0.39 is 28.4 Å². The van der Waals surface area contributed by atoms with E-state index in [1.165, 1.54) is 6.26 Å². The van der Waals surface area contributed by atoms with Gasteiger partial charge in [0.2, 0.25) is 11.8 Å². The number of aromatic nitrogens is 2. The van der Waals surface area contributed by atoms with Crippen molar-refractivity contribution in [1.29, 1.82) is 0 Å². The van der Waals surface area contributed by atoms with Crippen molar-refractivity contribution < 1.29 is 22.7 Å². The third-order valence-corrected chi connectivity index (χ3v) is 5.07. The van der Waals surface area contributed by atoms with Crippen LogP contribution in [-0.4, -0.2) is 42.5 Å². The first-order valence-corrected chi connectivity index (χ1v) is 11.0. The number of rotatable bonds is 7. The lowest BCUT2D eigenvalue weighted by molar-refractivity contribution is 0.0905. The van der Waals surface area contributed by atoms with Crippen LogP contribution in [0.2, 0.25) is 5.02 Å². The van der Waals surface area contributed by atoms with Crippen molar-refractivity contribution in [3.8, 4) is 11.5 Å². The van der Waals surface area contributed by atoms with Crippen LogP contribution in [0.1, 0.15) is 27.9 Å². The van der Waals surface area contributed by atoms with Crippen LogP contribution in [-0.2, 0) is 15.6 Å². The molecule has 8 nitrogen and oxygen atoms in total. The Labute approximate surface area is 172 Å². The highest BCUT2D eigenvalue weighted by atomic mass is 35.5. The van der Waals surface area contributed by atoms with E-state index in [0.717, 1.165) is 0 Å². The average molecular weight is 436 g/mol. The first kappa shape index (κ1) is 21.0. The van der Waals surface area contributed by atoms with E-state index in [1.807, 2.05) is 0 Å². The van der Waals surface area contributed by atoms with Crippen LogP contribution >= 0.6 is 11.6 Å². The number of sulfone groups is 1. The molecule has 0 aliphatic heterocycles. The predicted molar refractivity (Wildman–Crippen MR) is 107 cm³/mol. The Morgan fingerprint density at radius 3 is 2.38 bits per heavy atom. The number of nitrogens with one attached hydrogen (secondary N) is 1. The van der Waals surface area contributed by atoms with Gasteiger partial charge in [0, 0.05) is 22.4 Å². The molecule has 1 aromatic heterocycles. The number of nitrogens with zero attached hydrogens (tertiary/aromatic N) is 2. The summed E-state index contributed by atoms with van der Waals surface area (Å²) < 4.78 is 28.3. The van der Waals surface area contributed by atoms with Gasteiger partial charge in [-0.15, -0.1) is 10.2 Å². The molecule has 1 amide bonds. The number of halogens is 1. The van der Waals surface area contributed by atoms with E-state index in [1.54, 1.807) is 48.5 Å². The fraction of sp³-hybridized carbons (Fsp3) is 0.211. The molecule has 0 saturated heterocycles. The Kier molecular flexibility index (Phi) is 6.31. The Hall–Kier alpha value is -2.75. The summed E-state index contributed by atoms with van der Waals surface area (Å²) in [5.41, 5.74) is 1.59. The summed E-state index contributed by atoms with van der Waals surface area (Å²) >= 11 is 5.81. The highest BCUT2D eigenvalue weighted by Gasteiger charge is 2.21. The lowest BCUT2D eigenvalue weighted by atomic mass is 10.1. The van der Waals surface area contributed by atoms with E-state index in [0.29, 0.717) is 21.7 Å². The van der Waals surface area contributed by atoms with E-state index in [4.69, 9.17) is 16.0 Å². The third kappa shape index (κ3) is 5.63. The lowest BCUT2D eigenvalue weighted by Gasteiger charge is -2.12. The molecule has 1 heterocycles. The van der Waals surface area contributed by atoms with Crippen LogP contribution in [0.3, 0.4) is 0 Å². The van der Waals surface area contributed by atoms with Crippen molar-refractivity contribution in [1.82, 2.24) is 15.5 Å². The van der Waals surface area contributed by atoms with Crippen LogP contribution in [0.25, 0.3) is 11.5 Å². The van der Waals surface area contributed by atoms with E-state index in [-0.39, 0.29) is 17.5 Å². The van der Waals surface area contributed by atoms with Gasteiger partial charge < -0.3 is 14.8 Å². The lowest BCUT2D eigenvalue weighted by Crippen LogP contribution is -2.31. The molecule has 2 N–H and O–H groups in total. The van der Waals surface area contributed by atoms with Gasteiger partial charge >= 0.3 is 0 Å². The van der Waals surface area contributed by atoms with Gasteiger partial charge in [-0.1, -0.05) is 23.7 Å². The number of hydrogen-bond acceptors (Lipinski definition) is 7. The molecule has 29 heavy (non-hydrogen) atoms. The van der Waals surface area contributed by atoms with E-state index in [9.17, 15) is 18.3 Å². The quantitative estimate of drug-likeness (QED) is 0.584. The number of hydrogen-bond donors (Lipinski definition) is 2. The van der Waals surface area contributed by atoms with Gasteiger partial charge in [0.25, 0.3) is 5.91 Å². The second-order valence-corrected chi connectivity index (χ2v) is 9.00. The van der Waals surface area contributed by atoms with Crippen LogP contribution < -0.4 is 5.32 Å². The monoisotopic (exact) mass is 435 g/mol. The zero-order valence-electron chi connectivity index (χ0n) is 15.4. The van der Waals surface area contributed by atoms with Crippen molar-refractivity contribution in [2.24, 2.45) is 0 Å². The van der Waals surface area contributed by atoms with Crippen molar-refractivity contribution in [3.63, 3.8) is 0 Å². The van der Waals surface area contributed by atoms with Gasteiger partial charge in [0.1, 0.15) is 6.04 Å². The summed E-state index contributed by atoms with van der Waals surface area (Å²) in [4.78, 5) is 12.3. The molecule has 2 aromatic carbocycles. The first-order valence-electron chi connectivity index (χ1n) is 8.53. The smallest absolute Gasteiger partial charge is 0.251 e. The molecular formula is C19H18ClN3O5S. The summed E-state index contributed by atoms with van der Waals surface area (Å²) in [5, 5.41) is 20.6. The number of carbonyl (C=O) groups excluding carboxylic acids is 1. The zero-order valence-corrected chi connectivity index (χ0v) is 16.9. The average Bonchev–Trinajstić information content (AvgIpc) is 3.15. The summed E-state index contributed by atoms with van der Waals surface area (Å²) in [6, 6.07) is 12.1. The number of carbonyl (C=O) groups is 1. The molecule has 3 rings (SSSR count). The normalized spacial score (nSPS) is 12.5. The van der Waals surface area contributed by atoms with Crippen LogP contribution in [0.4, 0.5) is 0 Å². The predicted octanol–water partition coefficient (Wildman–Crippen LogP) is 2.40. The molecule has 3 aromatic rings. The Morgan fingerprint density at radius 2 is 1.79 bits per heavy atom. The van der Waals surface area contributed by atoms with Crippen LogP contribution in [0.5, 0.6) is 0 Å².